The second-order valence-corrected chi connectivity index (χ2v) is 14.4. The van der Waals surface area contributed by atoms with Gasteiger partial charge in [0.05, 0.1) is 47.6 Å². The lowest BCUT2D eigenvalue weighted by Gasteiger charge is -2.12. The van der Waals surface area contributed by atoms with Gasteiger partial charge in [-0.1, -0.05) is 35.9 Å². The van der Waals surface area contributed by atoms with Crippen molar-refractivity contribution in [3.05, 3.63) is 161 Å². The zero-order valence-electron chi connectivity index (χ0n) is 32.3. The summed E-state index contributed by atoms with van der Waals surface area (Å²) in [4.78, 5) is 25.7. The number of nitrogens with one attached hydrogen (secondary N) is 1. The van der Waals surface area contributed by atoms with Crippen molar-refractivity contribution >= 4 is 39.9 Å². The number of pyridine rings is 4. The summed E-state index contributed by atoms with van der Waals surface area (Å²) >= 11 is 6.11. The number of nitrogens with zero attached hydrogens (tertiary/aromatic N) is 10. The third kappa shape index (κ3) is 8.59. The number of fused-ring (bicyclic) bond motifs is 4. The van der Waals surface area contributed by atoms with Crippen LogP contribution < -0.4 is 11.1 Å². The Morgan fingerprint density at radius 3 is 1.81 bits per heavy atom. The quantitative estimate of drug-likeness (QED) is 0.144. The zero-order chi connectivity index (χ0) is 40.9. The molecule has 12 nitrogen and oxygen atoms in total. The molecule has 2 aliphatic carbocycles. The average Bonchev–Trinajstić information content (AvgIpc) is 4.05. The summed E-state index contributed by atoms with van der Waals surface area (Å²) in [6.07, 6.45) is 20.9. The van der Waals surface area contributed by atoms with Gasteiger partial charge in [0.15, 0.2) is 11.3 Å². The predicted molar refractivity (Wildman–Crippen MR) is 225 cm³/mol. The van der Waals surface area contributed by atoms with Gasteiger partial charge in [-0.3, -0.25) is 19.9 Å². The van der Waals surface area contributed by atoms with Crippen LogP contribution in [-0.2, 0) is 12.8 Å². The van der Waals surface area contributed by atoms with E-state index in [1.807, 2.05) is 44.4 Å². The molecule has 0 unspecified atom stereocenters. The summed E-state index contributed by atoms with van der Waals surface area (Å²) < 4.78 is 30.1. The molecule has 3 N–H and O–H groups in total. The van der Waals surface area contributed by atoms with Crippen LogP contribution in [0.4, 0.5) is 14.6 Å². The lowest BCUT2D eigenvalue weighted by Crippen LogP contribution is -2.09. The smallest absolute Gasteiger partial charge is 0.160 e. The maximum atomic E-state index is 13.6. The fourth-order valence-electron chi connectivity index (χ4n) is 7.00. The first-order valence-electron chi connectivity index (χ1n) is 19.0. The molecule has 2 aliphatic rings. The van der Waals surface area contributed by atoms with E-state index in [0.717, 1.165) is 72.4 Å². The Kier molecular flexibility index (Phi) is 11.5. The van der Waals surface area contributed by atoms with Gasteiger partial charge in [0.2, 0.25) is 0 Å². The van der Waals surface area contributed by atoms with Crippen molar-refractivity contribution in [1.29, 1.82) is 0 Å². The highest BCUT2D eigenvalue weighted by Gasteiger charge is 2.17. The van der Waals surface area contributed by atoms with E-state index in [-0.39, 0.29) is 5.82 Å². The average molecular weight is 809 g/mol. The van der Waals surface area contributed by atoms with Crippen molar-refractivity contribution in [3.8, 4) is 22.5 Å². The highest BCUT2D eigenvalue weighted by Crippen LogP contribution is 2.29. The first-order chi connectivity index (χ1) is 28.7. The molecule has 0 amide bonds. The molecular weight excluding hydrogens is 770 g/mol. The van der Waals surface area contributed by atoms with Gasteiger partial charge in [-0.15, -0.1) is 0 Å². The molecule has 10 rings (SSSR count). The van der Waals surface area contributed by atoms with E-state index in [9.17, 15) is 8.78 Å². The molecule has 0 aliphatic heterocycles. The number of nitrogens with two attached hydrogens (primary N) is 1. The number of hydrogen-bond donors (Lipinski definition) is 2. The lowest BCUT2D eigenvalue weighted by molar-refractivity contribution is 0.621. The number of halogens is 3. The van der Waals surface area contributed by atoms with Gasteiger partial charge in [0, 0.05) is 65.7 Å². The van der Waals surface area contributed by atoms with Gasteiger partial charge < -0.3 is 11.1 Å². The maximum Gasteiger partial charge on any atom is 0.160 e. The summed E-state index contributed by atoms with van der Waals surface area (Å²) in [5.41, 5.74) is 18.6. The zero-order valence-corrected chi connectivity index (χ0v) is 33.1. The molecular formula is C44H39ClF2N12. The van der Waals surface area contributed by atoms with Gasteiger partial charge in [0.1, 0.15) is 22.6 Å². The predicted octanol–water partition coefficient (Wildman–Crippen LogP) is 8.34. The minimum atomic E-state index is -0.407. The molecule has 8 heterocycles. The van der Waals surface area contributed by atoms with Crippen LogP contribution in [0.3, 0.4) is 0 Å². The molecule has 0 aromatic carbocycles. The molecule has 0 saturated heterocycles. The van der Waals surface area contributed by atoms with Crippen molar-refractivity contribution < 1.29 is 8.78 Å². The summed E-state index contributed by atoms with van der Waals surface area (Å²) in [6.45, 7) is 5.28. The van der Waals surface area contributed by atoms with Crippen molar-refractivity contribution in [3.63, 3.8) is 0 Å². The van der Waals surface area contributed by atoms with Crippen LogP contribution in [0.1, 0.15) is 46.5 Å². The Morgan fingerprint density at radius 2 is 1.24 bits per heavy atom. The molecule has 0 atom stereocenters. The SMILES string of the molecule is Cc1cnn2c(Cl)cc(-c3cncc(F)c3)nc12.Cc1cnn2c(NCCC3=CCc4cccnc43)cc(-c3cncc(F)c3)nc12.NCCC1=CCc2cccnc21. The molecule has 8 aromatic rings. The van der Waals surface area contributed by atoms with Crippen LogP contribution in [-0.4, -0.2) is 62.2 Å². The van der Waals surface area contributed by atoms with Crippen LogP contribution in [0.15, 0.2) is 110 Å². The Hall–Kier alpha value is -6.77. The monoisotopic (exact) mass is 808 g/mol. The van der Waals surface area contributed by atoms with Gasteiger partial charge in [0.25, 0.3) is 0 Å². The van der Waals surface area contributed by atoms with E-state index in [1.165, 1.54) is 45.1 Å². The molecule has 0 bridgehead atoms. The van der Waals surface area contributed by atoms with E-state index >= 15 is 0 Å². The molecule has 8 aromatic heterocycles. The number of aryl methyl sites for hydroxylation is 2. The normalized spacial score (nSPS) is 12.6. The number of aromatic nitrogens is 10. The third-order valence-corrected chi connectivity index (χ3v) is 10.2. The van der Waals surface area contributed by atoms with Crippen molar-refractivity contribution in [2.45, 2.75) is 39.5 Å². The second kappa shape index (κ2) is 17.4. The van der Waals surface area contributed by atoms with E-state index < -0.39 is 5.82 Å². The van der Waals surface area contributed by atoms with Gasteiger partial charge in [-0.25, -0.2) is 23.3 Å². The van der Waals surface area contributed by atoms with Gasteiger partial charge >= 0.3 is 0 Å². The third-order valence-electron chi connectivity index (χ3n) is 9.90. The molecule has 0 saturated carbocycles. The molecule has 0 spiro atoms. The first-order valence-corrected chi connectivity index (χ1v) is 19.4. The molecule has 15 heteroatoms. The van der Waals surface area contributed by atoms with Crippen LogP contribution in [0.25, 0.3) is 45.0 Å². The summed E-state index contributed by atoms with van der Waals surface area (Å²) in [5.74, 6) is 0.0148. The fraction of sp³-hybridized carbons (Fsp3) is 0.182. The Morgan fingerprint density at radius 1 is 0.695 bits per heavy atom. The highest BCUT2D eigenvalue weighted by molar-refractivity contribution is 6.30. The second-order valence-electron chi connectivity index (χ2n) is 14.0. The van der Waals surface area contributed by atoms with Crippen LogP contribution in [0.5, 0.6) is 0 Å². The van der Waals surface area contributed by atoms with Crippen molar-refractivity contribution in [1.82, 2.24) is 49.1 Å². The Bertz CT molecular complexity index is 2870. The number of hydrogen-bond acceptors (Lipinski definition) is 10. The standard InChI is InChI=1S/C22H19FN6.C12H8ClFN4.C10H12N2/c1-14-11-27-29-20(10-19(28-22(14)29)17-9-18(23)13-24-12-17)25-8-6-16-5-4-15-3-2-7-26-21(15)16;1-7-4-16-18-11(13)3-10(17-12(7)18)8-2-9(14)6-15-5-8;11-6-5-9-4-3-8-2-1-7-12-10(8)9/h2-3,5,7,9-13,25H,4,6,8H2,1H3;2-6H,1H3;1-2,4,7H,3,5-6,11H2. The van der Waals surface area contributed by atoms with Crippen molar-refractivity contribution in [2.75, 3.05) is 18.4 Å². The van der Waals surface area contributed by atoms with Gasteiger partial charge in [-0.2, -0.15) is 14.7 Å². The van der Waals surface area contributed by atoms with Crippen LogP contribution >= 0.6 is 11.6 Å². The first kappa shape index (κ1) is 39.1. The van der Waals surface area contributed by atoms with Crippen LogP contribution in [0, 0.1) is 25.5 Å². The Balaban J connectivity index is 0.000000137. The van der Waals surface area contributed by atoms with E-state index in [4.69, 9.17) is 17.3 Å². The number of rotatable bonds is 8. The van der Waals surface area contributed by atoms with Gasteiger partial charge in [-0.05, 0) is 92.6 Å². The van der Waals surface area contributed by atoms with E-state index in [2.05, 4.69) is 69.7 Å². The summed E-state index contributed by atoms with van der Waals surface area (Å²) in [5, 5.41) is 12.4. The maximum absolute atomic E-state index is 13.6. The topological polar surface area (TPSA) is 150 Å². The fourth-order valence-corrected chi connectivity index (χ4v) is 7.23. The van der Waals surface area contributed by atoms with Crippen molar-refractivity contribution in [2.24, 2.45) is 5.73 Å². The largest absolute Gasteiger partial charge is 0.370 e. The molecule has 296 valence electrons. The molecule has 0 fully saturated rings. The lowest BCUT2D eigenvalue weighted by atomic mass is 10.1. The minimum absolute atomic E-state index is 0.386. The number of allylic oxidation sites excluding steroid dienone is 2. The van der Waals surface area contributed by atoms with Crippen LogP contribution in [0.2, 0.25) is 5.15 Å². The minimum Gasteiger partial charge on any atom is -0.370 e. The highest BCUT2D eigenvalue weighted by atomic mass is 35.5. The summed E-state index contributed by atoms with van der Waals surface area (Å²) in [7, 11) is 0. The molecule has 0 radical (unpaired) electrons. The van der Waals surface area contributed by atoms with E-state index in [0.29, 0.717) is 39.9 Å². The van der Waals surface area contributed by atoms with E-state index in [1.54, 1.807) is 35.4 Å². The summed E-state index contributed by atoms with van der Waals surface area (Å²) in [6, 6.07) is 14.5. The number of anilines is 1. The molecule has 59 heavy (non-hydrogen) atoms. The Labute approximate surface area is 343 Å².